The lowest BCUT2D eigenvalue weighted by Crippen LogP contribution is -2.56. The van der Waals surface area contributed by atoms with E-state index in [2.05, 4.69) is 10.6 Å². The van der Waals surface area contributed by atoms with Crippen molar-refractivity contribution in [1.29, 1.82) is 0 Å². The number of morpholine rings is 1. The predicted octanol–water partition coefficient (Wildman–Crippen LogP) is -0.0264. The van der Waals surface area contributed by atoms with E-state index in [1.807, 2.05) is 0 Å². The fourth-order valence-electron chi connectivity index (χ4n) is 1.89. The lowest BCUT2D eigenvalue weighted by molar-refractivity contribution is -0.142. The summed E-state index contributed by atoms with van der Waals surface area (Å²) in [5, 5.41) is 5.62. The molecule has 0 unspecified atom stereocenters. The van der Waals surface area contributed by atoms with Gasteiger partial charge >= 0.3 is 6.18 Å². The SMILES string of the molecule is C[C@H]1OCCN[C@@H]1C(=O)NCCN(C)CC(F)(F)F. The van der Waals surface area contributed by atoms with Crippen molar-refractivity contribution >= 4 is 5.91 Å². The molecule has 0 spiro atoms. The summed E-state index contributed by atoms with van der Waals surface area (Å²) < 4.78 is 41.6. The molecule has 5 nitrogen and oxygen atoms in total. The topological polar surface area (TPSA) is 53.6 Å². The quantitative estimate of drug-likeness (QED) is 0.744. The maximum Gasteiger partial charge on any atom is 0.401 e. The summed E-state index contributed by atoms with van der Waals surface area (Å²) in [5.74, 6) is -0.243. The molecular weight excluding hydrogens is 263 g/mol. The molecule has 0 bridgehead atoms. The molecule has 2 N–H and O–H groups in total. The number of likely N-dealkylation sites (N-methyl/N-ethyl adjacent to an activating group) is 1. The number of alkyl halides is 3. The summed E-state index contributed by atoms with van der Waals surface area (Å²) in [6.45, 7) is 2.27. The van der Waals surface area contributed by atoms with Crippen molar-refractivity contribution in [2.75, 3.05) is 39.8 Å². The molecule has 1 saturated heterocycles. The highest BCUT2D eigenvalue weighted by atomic mass is 19.4. The lowest BCUT2D eigenvalue weighted by atomic mass is 10.1. The highest BCUT2D eigenvalue weighted by Crippen LogP contribution is 2.15. The Kier molecular flexibility index (Phi) is 6.02. The standard InChI is InChI=1S/C11H20F3N3O2/c1-8-9(15-4-6-19-8)10(18)16-3-5-17(2)7-11(12,13)14/h8-9,15H,3-7H2,1-2H3,(H,16,18)/t8-,9+/m1/s1. The van der Waals surface area contributed by atoms with Crippen LogP contribution in [-0.2, 0) is 9.53 Å². The van der Waals surface area contributed by atoms with Gasteiger partial charge in [-0.1, -0.05) is 0 Å². The number of rotatable bonds is 5. The summed E-state index contributed by atoms with van der Waals surface area (Å²) in [4.78, 5) is 12.9. The first-order chi connectivity index (χ1) is 8.79. The van der Waals surface area contributed by atoms with Crippen LogP contribution in [0.4, 0.5) is 13.2 Å². The van der Waals surface area contributed by atoms with Crippen LogP contribution >= 0.6 is 0 Å². The summed E-state index contributed by atoms with van der Waals surface area (Å²) in [6, 6.07) is -0.443. The Morgan fingerprint density at radius 3 is 2.79 bits per heavy atom. The van der Waals surface area contributed by atoms with E-state index < -0.39 is 18.8 Å². The second-order valence-electron chi connectivity index (χ2n) is 4.65. The normalized spacial score (nSPS) is 24.5. The van der Waals surface area contributed by atoms with Crippen LogP contribution in [0.1, 0.15) is 6.92 Å². The average molecular weight is 283 g/mol. The first kappa shape index (κ1) is 16.2. The van der Waals surface area contributed by atoms with Crippen molar-refractivity contribution in [1.82, 2.24) is 15.5 Å². The minimum atomic E-state index is -4.22. The van der Waals surface area contributed by atoms with Gasteiger partial charge in [0.25, 0.3) is 0 Å². The maximum atomic E-state index is 12.1. The van der Waals surface area contributed by atoms with Crippen LogP contribution in [0.25, 0.3) is 0 Å². The molecule has 1 aliphatic rings. The van der Waals surface area contributed by atoms with Crippen LogP contribution in [-0.4, -0.2) is 69.0 Å². The molecule has 0 aromatic carbocycles. The number of hydrogen-bond donors (Lipinski definition) is 2. The Morgan fingerprint density at radius 2 is 2.21 bits per heavy atom. The zero-order chi connectivity index (χ0) is 14.5. The third-order valence-electron chi connectivity index (χ3n) is 2.84. The zero-order valence-electron chi connectivity index (χ0n) is 11.1. The first-order valence-corrected chi connectivity index (χ1v) is 6.17. The number of carbonyl (C=O) groups is 1. The minimum Gasteiger partial charge on any atom is -0.375 e. The molecule has 0 aromatic heterocycles. The van der Waals surface area contributed by atoms with Crippen LogP contribution in [0.15, 0.2) is 0 Å². The molecule has 2 atom stereocenters. The molecular formula is C11H20F3N3O2. The van der Waals surface area contributed by atoms with Crippen molar-refractivity contribution in [3.05, 3.63) is 0 Å². The second-order valence-corrected chi connectivity index (χ2v) is 4.65. The molecule has 1 heterocycles. The lowest BCUT2D eigenvalue weighted by Gasteiger charge is -2.29. The van der Waals surface area contributed by atoms with Crippen molar-refractivity contribution < 1.29 is 22.7 Å². The van der Waals surface area contributed by atoms with Gasteiger partial charge in [0.05, 0.1) is 19.3 Å². The number of nitrogens with one attached hydrogen (secondary N) is 2. The van der Waals surface area contributed by atoms with Gasteiger partial charge in [0, 0.05) is 19.6 Å². The van der Waals surface area contributed by atoms with E-state index in [1.165, 1.54) is 7.05 Å². The van der Waals surface area contributed by atoms with E-state index in [4.69, 9.17) is 4.74 Å². The molecule has 0 aromatic rings. The molecule has 112 valence electrons. The van der Waals surface area contributed by atoms with Gasteiger partial charge in [-0.25, -0.2) is 0 Å². The third-order valence-corrected chi connectivity index (χ3v) is 2.84. The van der Waals surface area contributed by atoms with Gasteiger partial charge in [0.2, 0.25) is 5.91 Å². The molecule has 1 aliphatic heterocycles. The molecule has 0 aliphatic carbocycles. The smallest absolute Gasteiger partial charge is 0.375 e. The third kappa shape index (κ3) is 6.22. The number of carbonyl (C=O) groups excluding carboxylic acids is 1. The Balaban J connectivity index is 2.23. The van der Waals surface area contributed by atoms with Crippen LogP contribution in [0, 0.1) is 0 Å². The Morgan fingerprint density at radius 1 is 1.53 bits per heavy atom. The predicted molar refractivity (Wildman–Crippen MR) is 63.8 cm³/mol. The van der Waals surface area contributed by atoms with Crippen molar-refractivity contribution in [2.24, 2.45) is 0 Å². The van der Waals surface area contributed by atoms with Gasteiger partial charge in [0.1, 0.15) is 6.04 Å². The van der Waals surface area contributed by atoms with E-state index in [0.29, 0.717) is 13.2 Å². The van der Waals surface area contributed by atoms with Crippen LogP contribution in [0.5, 0.6) is 0 Å². The van der Waals surface area contributed by atoms with E-state index in [9.17, 15) is 18.0 Å². The van der Waals surface area contributed by atoms with Crippen LogP contribution in [0.3, 0.4) is 0 Å². The van der Waals surface area contributed by atoms with Crippen molar-refractivity contribution in [2.45, 2.75) is 25.2 Å². The van der Waals surface area contributed by atoms with E-state index in [1.54, 1.807) is 6.92 Å². The molecule has 1 rings (SSSR count). The summed E-state index contributed by atoms with van der Waals surface area (Å²) >= 11 is 0. The fraction of sp³-hybridized carbons (Fsp3) is 0.909. The molecule has 1 amide bonds. The van der Waals surface area contributed by atoms with Gasteiger partial charge in [-0.3, -0.25) is 9.69 Å². The first-order valence-electron chi connectivity index (χ1n) is 6.17. The number of hydrogen-bond acceptors (Lipinski definition) is 4. The van der Waals surface area contributed by atoms with Gasteiger partial charge < -0.3 is 15.4 Å². The highest BCUT2D eigenvalue weighted by molar-refractivity contribution is 5.82. The second kappa shape index (κ2) is 7.06. The van der Waals surface area contributed by atoms with E-state index >= 15 is 0 Å². The van der Waals surface area contributed by atoms with Gasteiger partial charge in [-0.05, 0) is 14.0 Å². The van der Waals surface area contributed by atoms with Crippen molar-refractivity contribution in [3.8, 4) is 0 Å². The largest absolute Gasteiger partial charge is 0.401 e. The molecule has 1 fully saturated rings. The Labute approximate surface area is 110 Å². The van der Waals surface area contributed by atoms with Gasteiger partial charge in [-0.15, -0.1) is 0 Å². The number of ether oxygens (including phenoxy) is 1. The number of halogens is 3. The van der Waals surface area contributed by atoms with Gasteiger partial charge in [0.15, 0.2) is 0 Å². The molecule has 0 radical (unpaired) electrons. The highest BCUT2D eigenvalue weighted by Gasteiger charge is 2.30. The fourth-order valence-corrected chi connectivity index (χ4v) is 1.89. The number of amides is 1. The van der Waals surface area contributed by atoms with Crippen LogP contribution in [0.2, 0.25) is 0 Å². The summed E-state index contributed by atoms with van der Waals surface area (Å²) in [6.07, 6.45) is -4.45. The number of nitrogens with zero attached hydrogens (tertiary/aromatic N) is 1. The average Bonchev–Trinajstić information content (AvgIpc) is 2.26. The summed E-state index contributed by atoms with van der Waals surface area (Å²) in [5.41, 5.74) is 0. The molecule has 19 heavy (non-hydrogen) atoms. The Hall–Kier alpha value is -0.860. The summed E-state index contributed by atoms with van der Waals surface area (Å²) in [7, 11) is 1.37. The minimum absolute atomic E-state index is 0.146. The van der Waals surface area contributed by atoms with E-state index in [-0.39, 0.29) is 25.1 Å². The molecule has 8 heteroatoms. The van der Waals surface area contributed by atoms with Gasteiger partial charge in [-0.2, -0.15) is 13.2 Å². The van der Waals surface area contributed by atoms with E-state index in [0.717, 1.165) is 4.90 Å². The monoisotopic (exact) mass is 283 g/mol. The van der Waals surface area contributed by atoms with Crippen LogP contribution < -0.4 is 10.6 Å². The Bertz CT molecular complexity index is 299. The molecule has 0 saturated carbocycles. The maximum absolute atomic E-state index is 12.1. The van der Waals surface area contributed by atoms with Crippen molar-refractivity contribution in [3.63, 3.8) is 0 Å². The zero-order valence-corrected chi connectivity index (χ0v) is 11.1.